The molecule has 3 unspecified atom stereocenters. The van der Waals surface area contributed by atoms with E-state index in [1.54, 1.807) is 0 Å². The fourth-order valence-electron chi connectivity index (χ4n) is 15.0. The van der Waals surface area contributed by atoms with Crippen LogP contribution in [0.15, 0.2) is 0 Å². The van der Waals surface area contributed by atoms with Gasteiger partial charge in [0, 0.05) is 25.7 Å². The van der Waals surface area contributed by atoms with Gasteiger partial charge in [-0.15, -0.1) is 0 Å². The summed E-state index contributed by atoms with van der Waals surface area (Å²) in [5, 5.41) is 10.7. The second-order valence-corrected chi connectivity index (χ2v) is 37.3. The second-order valence-electron chi connectivity index (χ2n) is 34.4. The highest BCUT2D eigenvalue weighted by atomic mass is 31.2. The Hall–Kier alpha value is -1.94. The third-order valence-corrected chi connectivity index (χ3v) is 24.8. The molecule has 0 fully saturated rings. The molecule has 0 aromatic rings. The number of esters is 4. The van der Waals surface area contributed by atoms with Crippen molar-refractivity contribution in [3.8, 4) is 0 Å². The second kappa shape index (κ2) is 87.4. The van der Waals surface area contributed by atoms with Crippen LogP contribution in [0.5, 0.6) is 0 Å². The standard InChI is InChI=1S/C95H186O17P2/c1-6-10-13-16-19-22-25-28-30-32-34-36-41-45-49-54-59-64-69-74-79-93(98)106-85-91(112-95(100)81-76-71-66-61-56-51-47-43-39-38-40-44-48-52-57-62-67-72-77-88(5)9-4)87-110-114(103,104)108-83-89(96)82-107-113(101,102)109-86-90(84-105-92(97)78-73-68-63-58-53-27-24-21-18-15-12-8-3)111-94(99)80-75-70-65-60-55-50-46-42-37-35-33-31-29-26-23-20-17-14-11-7-2/h88-91,96H,6-87H2,1-5H3,(H,101,102)(H,103,104)/t88?,89-,90+,91+/m0/s1. The summed E-state index contributed by atoms with van der Waals surface area (Å²) in [5.41, 5.74) is 0. The number of phosphoric acid groups is 2. The van der Waals surface area contributed by atoms with Gasteiger partial charge < -0.3 is 33.8 Å². The summed E-state index contributed by atoms with van der Waals surface area (Å²) in [4.78, 5) is 73.6. The van der Waals surface area contributed by atoms with Crippen molar-refractivity contribution in [2.75, 3.05) is 39.6 Å². The minimum Gasteiger partial charge on any atom is -0.462 e. The molecule has 6 atom stereocenters. The van der Waals surface area contributed by atoms with Gasteiger partial charge in [-0.2, -0.15) is 0 Å². The van der Waals surface area contributed by atoms with Crippen LogP contribution in [0, 0.1) is 5.92 Å². The van der Waals surface area contributed by atoms with E-state index in [4.69, 9.17) is 37.0 Å². The predicted octanol–water partition coefficient (Wildman–Crippen LogP) is 29.9. The highest BCUT2D eigenvalue weighted by Gasteiger charge is 2.31. The maximum Gasteiger partial charge on any atom is 0.472 e. The third kappa shape index (κ3) is 86.4. The maximum atomic E-state index is 13.2. The molecule has 0 spiro atoms. The summed E-state index contributed by atoms with van der Waals surface area (Å²) < 4.78 is 69.2. The third-order valence-electron chi connectivity index (χ3n) is 22.9. The van der Waals surface area contributed by atoms with Crippen LogP contribution in [0.2, 0.25) is 0 Å². The van der Waals surface area contributed by atoms with E-state index in [1.165, 1.54) is 347 Å². The summed E-state index contributed by atoms with van der Waals surface area (Å²) in [6.45, 7) is 7.49. The van der Waals surface area contributed by atoms with Crippen molar-refractivity contribution in [3.63, 3.8) is 0 Å². The Morgan fingerprint density at radius 1 is 0.246 bits per heavy atom. The predicted molar refractivity (Wildman–Crippen MR) is 474 cm³/mol. The normalized spacial score (nSPS) is 13.9. The lowest BCUT2D eigenvalue weighted by Crippen LogP contribution is -2.30. The zero-order valence-electron chi connectivity index (χ0n) is 75.2. The Bertz CT molecular complexity index is 2150. The van der Waals surface area contributed by atoms with Gasteiger partial charge in [0.15, 0.2) is 12.2 Å². The zero-order chi connectivity index (χ0) is 83.3. The van der Waals surface area contributed by atoms with Crippen LogP contribution in [0.3, 0.4) is 0 Å². The number of hydrogen-bond acceptors (Lipinski definition) is 15. The van der Waals surface area contributed by atoms with Gasteiger partial charge in [0.05, 0.1) is 26.4 Å². The van der Waals surface area contributed by atoms with Gasteiger partial charge in [-0.25, -0.2) is 9.13 Å². The van der Waals surface area contributed by atoms with Gasteiger partial charge in [-0.1, -0.05) is 471 Å². The van der Waals surface area contributed by atoms with E-state index >= 15 is 0 Å². The Morgan fingerprint density at radius 3 is 0.623 bits per heavy atom. The summed E-state index contributed by atoms with van der Waals surface area (Å²) in [7, 11) is -9.94. The van der Waals surface area contributed by atoms with Crippen LogP contribution in [-0.4, -0.2) is 96.7 Å². The summed E-state index contributed by atoms with van der Waals surface area (Å²) in [6.07, 6.45) is 84.8. The molecule has 0 radical (unpaired) electrons. The lowest BCUT2D eigenvalue weighted by molar-refractivity contribution is -0.161. The molecule has 0 bridgehead atoms. The van der Waals surface area contributed by atoms with Gasteiger partial charge in [0.1, 0.15) is 19.3 Å². The average molecular weight is 1660 g/mol. The number of hydrogen-bond donors (Lipinski definition) is 3. The number of carbonyl (C=O) groups excluding carboxylic acids is 4. The van der Waals surface area contributed by atoms with Crippen molar-refractivity contribution in [3.05, 3.63) is 0 Å². The monoisotopic (exact) mass is 1660 g/mol. The van der Waals surface area contributed by atoms with Crippen LogP contribution >= 0.6 is 15.6 Å². The van der Waals surface area contributed by atoms with Gasteiger partial charge in [0.25, 0.3) is 0 Å². The van der Waals surface area contributed by atoms with Gasteiger partial charge in [0.2, 0.25) is 0 Å². The smallest absolute Gasteiger partial charge is 0.462 e. The minimum atomic E-state index is -4.97. The summed E-state index contributed by atoms with van der Waals surface area (Å²) in [5.74, 6) is -1.22. The molecule has 678 valence electrons. The van der Waals surface area contributed by atoms with Crippen molar-refractivity contribution >= 4 is 39.5 Å². The molecule has 0 saturated carbocycles. The molecule has 0 amide bonds. The number of unbranched alkanes of at least 4 members (excludes halogenated alkanes) is 66. The van der Waals surface area contributed by atoms with Crippen LogP contribution in [0.1, 0.15) is 523 Å². The van der Waals surface area contributed by atoms with Crippen molar-refractivity contribution in [2.45, 2.75) is 541 Å². The quantitative estimate of drug-likeness (QED) is 0.0222. The Morgan fingerprint density at radius 2 is 0.421 bits per heavy atom. The molecule has 0 heterocycles. The average Bonchev–Trinajstić information content (AvgIpc) is 0.895. The SMILES string of the molecule is CCCCCCCCCCCCCCCCCCCCCCC(=O)OC[C@H](COP(=O)(O)OC[C@@H](O)COP(=O)(O)OC[C@@H](COC(=O)CCCCCCCCCCCCCC)OC(=O)CCCCCCCCCCCCCCCCCCCCCC)OC(=O)CCCCCCCCCCCCCCCCCCCCC(C)CC. The molecule has 19 heteroatoms. The fraction of sp³-hybridized carbons (Fsp3) is 0.958. The molecule has 0 aliphatic carbocycles. The van der Waals surface area contributed by atoms with Crippen molar-refractivity contribution in [2.24, 2.45) is 5.92 Å². The van der Waals surface area contributed by atoms with Crippen molar-refractivity contribution < 1.29 is 80.2 Å². The zero-order valence-corrected chi connectivity index (χ0v) is 77.0. The highest BCUT2D eigenvalue weighted by molar-refractivity contribution is 7.47. The number of rotatable bonds is 95. The lowest BCUT2D eigenvalue weighted by atomic mass is 9.99. The number of ether oxygens (including phenoxy) is 4. The summed E-state index contributed by atoms with van der Waals surface area (Å²) in [6, 6.07) is 0. The number of aliphatic hydroxyl groups is 1. The number of aliphatic hydroxyl groups excluding tert-OH is 1. The van der Waals surface area contributed by atoms with Crippen LogP contribution < -0.4 is 0 Å². The fourth-order valence-corrected chi connectivity index (χ4v) is 16.6. The molecule has 0 aromatic carbocycles. The van der Waals surface area contributed by atoms with E-state index in [0.29, 0.717) is 25.7 Å². The van der Waals surface area contributed by atoms with E-state index < -0.39 is 97.5 Å². The van der Waals surface area contributed by atoms with Gasteiger partial charge in [-0.05, 0) is 31.6 Å². The van der Waals surface area contributed by atoms with E-state index in [2.05, 4.69) is 34.6 Å². The molecule has 0 saturated heterocycles. The maximum absolute atomic E-state index is 13.2. The van der Waals surface area contributed by atoms with Crippen LogP contribution in [0.4, 0.5) is 0 Å². The first kappa shape index (κ1) is 112. The topological polar surface area (TPSA) is 237 Å². The van der Waals surface area contributed by atoms with E-state index in [1.807, 2.05) is 0 Å². The van der Waals surface area contributed by atoms with E-state index in [-0.39, 0.29) is 25.7 Å². The Balaban J connectivity index is 5.24. The number of carbonyl (C=O) groups is 4. The van der Waals surface area contributed by atoms with Crippen molar-refractivity contribution in [1.29, 1.82) is 0 Å². The molecular weight excluding hydrogens is 1470 g/mol. The molecule has 0 aliphatic heterocycles. The van der Waals surface area contributed by atoms with Crippen LogP contribution in [-0.2, 0) is 65.4 Å². The molecule has 0 rings (SSSR count). The largest absolute Gasteiger partial charge is 0.472 e. The molecule has 114 heavy (non-hydrogen) atoms. The van der Waals surface area contributed by atoms with E-state index in [9.17, 15) is 43.2 Å². The Kier molecular flexibility index (Phi) is 85.9. The first-order chi connectivity index (χ1) is 55.6. The molecular formula is C95H186O17P2. The first-order valence-electron chi connectivity index (χ1n) is 49.2. The van der Waals surface area contributed by atoms with Crippen LogP contribution in [0.25, 0.3) is 0 Å². The van der Waals surface area contributed by atoms with E-state index in [0.717, 1.165) is 95.8 Å². The molecule has 17 nitrogen and oxygen atoms in total. The molecule has 0 aliphatic rings. The first-order valence-corrected chi connectivity index (χ1v) is 52.2. The van der Waals surface area contributed by atoms with Gasteiger partial charge >= 0.3 is 39.5 Å². The summed E-state index contributed by atoms with van der Waals surface area (Å²) >= 11 is 0. The molecule has 3 N–H and O–H groups in total. The Labute approximate surface area is 702 Å². The minimum absolute atomic E-state index is 0.110. The van der Waals surface area contributed by atoms with Crippen molar-refractivity contribution in [1.82, 2.24) is 0 Å². The van der Waals surface area contributed by atoms with Gasteiger partial charge in [-0.3, -0.25) is 37.3 Å². The highest BCUT2D eigenvalue weighted by Crippen LogP contribution is 2.45. The molecule has 0 aromatic heterocycles. The number of phosphoric ester groups is 2. The lowest BCUT2D eigenvalue weighted by Gasteiger charge is -2.21.